The van der Waals surface area contributed by atoms with Gasteiger partial charge in [0.2, 0.25) is 0 Å². The van der Waals surface area contributed by atoms with Crippen LogP contribution in [0.2, 0.25) is 0 Å². The number of Topliss-reactive ketones (excluding diaryl/α,β-unsaturated/α-hetero) is 1. The summed E-state index contributed by atoms with van der Waals surface area (Å²) in [6.07, 6.45) is -1.05. The molecule has 1 amide bonds. The third kappa shape index (κ3) is 4.69. The minimum absolute atomic E-state index is 0.0265. The predicted octanol–water partition coefficient (Wildman–Crippen LogP) is 2.88. The van der Waals surface area contributed by atoms with Crippen molar-refractivity contribution in [2.45, 2.75) is 26.4 Å². The van der Waals surface area contributed by atoms with Gasteiger partial charge < -0.3 is 4.74 Å². The molecule has 1 N–H and O–H groups in total. The molecule has 0 saturated heterocycles. The largest absolute Gasteiger partial charge is 0.442 e. The number of rotatable bonds is 4. The van der Waals surface area contributed by atoms with Crippen molar-refractivity contribution in [2.75, 3.05) is 6.61 Å². The molecule has 0 aliphatic rings. The van der Waals surface area contributed by atoms with Crippen molar-refractivity contribution >= 4 is 11.9 Å². The van der Waals surface area contributed by atoms with Crippen LogP contribution in [-0.4, -0.2) is 24.1 Å². The van der Waals surface area contributed by atoms with Gasteiger partial charge in [-0.3, -0.25) is 9.63 Å². The molecule has 22 heavy (non-hydrogen) atoms. The second kappa shape index (κ2) is 6.73. The molecule has 122 valence electrons. The minimum atomic E-state index is -1.84. The van der Waals surface area contributed by atoms with E-state index in [-0.39, 0.29) is 6.07 Å². The molecule has 1 rings (SSSR count). The van der Waals surface area contributed by atoms with E-state index in [0.29, 0.717) is 0 Å². The highest BCUT2D eigenvalue weighted by Gasteiger charge is 2.25. The van der Waals surface area contributed by atoms with Crippen LogP contribution in [0.3, 0.4) is 0 Å². The first-order valence-corrected chi connectivity index (χ1v) is 6.00. The van der Waals surface area contributed by atoms with E-state index in [1.807, 2.05) is 0 Å². The van der Waals surface area contributed by atoms with E-state index in [1.54, 1.807) is 26.3 Å². The van der Waals surface area contributed by atoms with Gasteiger partial charge in [-0.25, -0.2) is 22.4 Å². The standard InChI is InChI=1S/C13H13F4NO4/c1-13(2,3)22-12(20)18-21-5-8(19)9-10(16)6(14)4-7(15)11(9)17/h4H,5H2,1-3H3,(H,18,20). The second-order valence-electron chi connectivity index (χ2n) is 5.16. The summed E-state index contributed by atoms with van der Waals surface area (Å²) < 4.78 is 57.3. The van der Waals surface area contributed by atoms with Crippen LogP contribution < -0.4 is 5.48 Å². The predicted molar refractivity (Wildman–Crippen MR) is 65.9 cm³/mol. The Morgan fingerprint density at radius 2 is 1.59 bits per heavy atom. The fourth-order valence-corrected chi connectivity index (χ4v) is 1.35. The lowest BCUT2D eigenvalue weighted by atomic mass is 10.1. The van der Waals surface area contributed by atoms with E-state index in [4.69, 9.17) is 4.74 Å². The third-order valence-electron chi connectivity index (χ3n) is 2.15. The molecule has 9 heteroatoms. The van der Waals surface area contributed by atoms with Gasteiger partial charge in [0.15, 0.2) is 29.1 Å². The van der Waals surface area contributed by atoms with Crippen LogP contribution in [0, 0.1) is 23.3 Å². The molecule has 1 aromatic rings. The van der Waals surface area contributed by atoms with Gasteiger partial charge in [0.25, 0.3) is 0 Å². The van der Waals surface area contributed by atoms with E-state index in [9.17, 15) is 27.2 Å². The molecular formula is C13H13F4NO4. The molecule has 0 aliphatic carbocycles. The van der Waals surface area contributed by atoms with Crippen LogP contribution in [-0.2, 0) is 9.57 Å². The summed E-state index contributed by atoms with van der Waals surface area (Å²) in [6.45, 7) is 3.66. The number of benzene rings is 1. The average molecular weight is 323 g/mol. The molecule has 5 nitrogen and oxygen atoms in total. The average Bonchev–Trinajstić information content (AvgIpc) is 2.34. The van der Waals surface area contributed by atoms with Gasteiger partial charge in [0.1, 0.15) is 12.2 Å². The molecule has 0 unspecified atom stereocenters. The Morgan fingerprint density at radius 1 is 1.09 bits per heavy atom. The molecule has 1 aromatic carbocycles. The number of amides is 1. The summed E-state index contributed by atoms with van der Waals surface area (Å²) in [7, 11) is 0. The number of halogens is 4. The van der Waals surface area contributed by atoms with Gasteiger partial charge in [-0.15, -0.1) is 0 Å². The molecule has 0 fully saturated rings. The fraction of sp³-hybridized carbons (Fsp3) is 0.385. The van der Waals surface area contributed by atoms with Crippen molar-refractivity contribution in [1.82, 2.24) is 5.48 Å². The number of nitrogens with one attached hydrogen (secondary N) is 1. The summed E-state index contributed by atoms with van der Waals surface area (Å²) in [6, 6.07) is -0.0265. The summed E-state index contributed by atoms with van der Waals surface area (Å²) in [5.41, 5.74) is -0.566. The quantitative estimate of drug-likeness (QED) is 0.400. The number of hydroxylamine groups is 1. The van der Waals surface area contributed by atoms with Crippen molar-refractivity contribution < 1.29 is 36.7 Å². The van der Waals surface area contributed by atoms with Crippen LogP contribution in [0.1, 0.15) is 31.1 Å². The first kappa shape index (κ1) is 17.9. The van der Waals surface area contributed by atoms with Crippen LogP contribution in [0.25, 0.3) is 0 Å². The number of carbonyl (C=O) groups is 2. The maximum Gasteiger partial charge on any atom is 0.431 e. The van der Waals surface area contributed by atoms with Gasteiger partial charge in [0.05, 0.1) is 5.56 Å². The summed E-state index contributed by atoms with van der Waals surface area (Å²) in [5.74, 6) is -8.52. The molecule has 0 bridgehead atoms. The van der Waals surface area contributed by atoms with E-state index in [1.165, 1.54) is 0 Å². The highest BCUT2D eigenvalue weighted by Crippen LogP contribution is 2.19. The third-order valence-corrected chi connectivity index (χ3v) is 2.15. The lowest BCUT2D eigenvalue weighted by Crippen LogP contribution is -2.34. The topological polar surface area (TPSA) is 64.6 Å². The number of carbonyl (C=O) groups excluding carboxylic acids is 2. The van der Waals surface area contributed by atoms with Crippen LogP contribution in [0.5, 0.6) is 0 Å². The van der Waals surface area contributed by atoms with Crippen LogP contribution in [0.4, 0.5) is 22.4 Å². The van der Waals surface area contributed by atoms with Crippen molar-refractivity contribution in [3.05, 3.63) is 34.9 Å². The Hall–Kier alpha value is -2.16. The Balaban J connectivity index is 2.70. The Labute approximate surface area is 123 Å². The minimum Gasteiger partial charge on any atom is -0.442 e. The molecule has 0 aliphatic heterocycles. The maximum absolute atomic E-state index is 13.3. The molecule has 0 saturated carbocycles. The first-order chi connectivity index (χ1) is 10.0. The summed E-state index contributed by atoms with van der Waals surface area (Å²) in [5, 5.41) is 0. The van der Waals surface area contributed by atoms with Crippen molar-refractivity contribution in [1.29, 1.82) is 0 Å². The van der Waals surface area contributed by atoms with Crippen LogP contribution >= 0.6 is 0 Å². The first-order valence-electron chi connectivity index (χ1n) is 6.00. The SMILES string of the molecule is CC(C)(C)OC(=O)NOCC(=O)c1c(F)c(F)cc(F)c1F. The monoisotopic (exact) mass is 323 g/mol. The van der Waals surface area contributed by atoms with E-state index < -0.39 is 52.9 Å². The van der Waals surface area contributed by atoms with Crippen molar-refractivity contribution in [2.24, 2.45) is 0 Å². The summed E-state index contributed by atoms with van der Waals surface area (Å²) in [4.78, 5) is 27.1. The zero-order valence-electron chi connectivity index (χ0n) is 11.9. The molecule has 0 heterocycles. The van der Waals surface area contributed by atoms with Crippen LogP contribution in [0.15, 0.2) is 6.07 Å². The molecule has 0 radical (unpaired) electrons. The zero-order valence-corrected chi connectivity index (χ0v) is 11.9. The number of hydrogen-bond acceptors (Lipinski definition) is 4. The van der Waals surface area contributed by atoms with Gasteiger partial charge in [0, 0.05) is 6.07 Å². The number of ketones is 1. The molecule has 0 atom stereocenters. The molecule has 0 spiro atoms. The van der Waals surface area contributed by atoms with Gasteiger partial charge in [-0.05, 0) is 20.8 Å². The highest BCUT2D eigenvalue weighted by molar-refractivity contribution is 5.97. The van der Waals surface area contributed by atoms with Crippen molar-refractivity contribution in [3.8, 4) is 0 Å². The Bertz CT molecular complexity index is 572. The normalized spacial score (nSPS) is 11.2. The molecular weight excluding hydrogens is 310 g/mol. The fourth-order valence-electron chi connectivity index (χ4n) is 1.35. The van der Waals surface area contributed by atoms with Gasteiger partial charge >= 0.3 is 6.09 Å². The summed E-state index contributed by atoms with van der Waals surface area (Å²) >= 11 is 0. The number of ether oxygens (including phenoxy) is 1. The zero-order chi connectivity index (χ0) is 17.1. The van der Waals surface area contributed by atoms with Gasteiger partial charge in [-0.2, -0.15) is 5.48 Å². The lowest BCUT2D eigenvalue weighted by molar-refractivity contribution is -0.00405. The van der Waals surface area contributed by atoms with Gasteiger partial charge in [-0.1, -0.05) is 0 Å². The van der Waals surface area contributed by atoms with E-state index >= 15 is 0 Å². The number of hydrogen-bond donors (Lipinski definition) is 1. The highest BCUT2D eigenvalue weighted by atomic mass is 19.2. The maximum atomic E-state index is 13.3. The van der Waals surface area contributed by atoms with E-state index in [2.05, 4.69) is 4.84 Å². The van der Waals surface area contributed by atoms with Crippen molar-refractivity contribution in [3.63, 3.8) is 0 Å². The Morgan fingerprint density at radius 3 is 2.05 bits per heavy atom. The Kier molecular flexibility index (Phi) is 5.48. The second-order valence-corrected chi connectivity index (χ2v) is 5.16. The van der Waals surface area contributed by atoms with E-state index in [0.717, 1.165) is 0 Å². The lowest BCUT2D eigenvalue weighted by Gasteiger charge is -2.19. The smallest absolute Gasteiger partial charge is 0.431 e. The molecule has 0 aromatic heterocycles.